The standard InChI is InChI=1S/C35H31N5O8/c41-32(36-17-28(34(43)44)39-35(45)46-20-23-6-2-1-3-7-23)24-12-10-22(11-13-24)18-40(19-31-37-26-8-4-5-9-27(26)38-31)33(42)25-14-15-29-30(16-25)48-21-47-29/h1-16,28H,17-21H2,(H,36,41)(H,37,38)(H,39,45)(H,43,44). The Balaban J connectivity index is 1.10. The molecule has 4 aromatic carbocycles. The predicted molar refractivity (Wildman–Crippen MR) is 172 cm³/mol. The second kappa shape index (κ2) is 14.4. The summed E-state index contributed by atoms with van der Waals surface area (Å²) in [6, 6.07) is 26.7. The summed E-state index contributed by atoms with van der Waals surface area (Å²) < 4.78 is 15.9. The summed E-state index contributed by atoms with van der Waals surface area (Å²) in [5.74, 6) is -0.472. The summed E-state index contributed by atoms with van der Waals surface area (Å²) in [6.45, 7) is 0.0651. The molecular weight excluding hydrogens is 618 g/mol. The summed E-state index contributed by atoms with van der Waals surface area (Å²) >= 11 is 0. The quantitative estimate of drug-likeness (QED) is 0.154. The molecule has 0 spiro atoms. The van der Waals surface area contributed by atoms with Crippen molar-refractivity contribution in [1.82, 2.24) is 25.5 Å². The summed E-state index contributed by atoms with van der Waals surface area (Å²) in [6.07, 6.45) is -0.924. The lowest BCUT2D eigenvalue weighted by Gasteiger charge is -2.22. The highest BCUT2D eigenvalue weighted by atomic mass is 16.7. The van der Waals surface area contributed by atoms with Crippen LogP contribution in [-0.4, -0.2) is 63.2 Å². The molecule has 0 saturated heterocycles. The van der Waals surface area contributed by atoms with E-state index in [1.165, 1.54) is 0 Å². The zero-order valence-corrected chi connectivity index (χ0v) is 25.5. The number of fused-ring (bicyclic) bond motifs is 2. The van der Waals surface area contributed by atoms with E-state index in [4.69, 9.17) is 14.2 Å². The van der Waals surface area contributed by atoms with Gasteiger partial charge in [0.1, 0.15) is 18.5 Å². The number of hydrogen-bond acceptors (Lipinski definition) is 8. The predicted octanol–water partition coefficient (Wildman–Crippen LogP) is 4.24. The maximum Gasteiger partial charge on any atom is 0.408 e. The second-order valence-electron chi connectivity index (χ2n) is 10.9. The van der Waals surface area contributed by atoms with Gasteiger partial charge >= 0.3 is 12.1 Å². The average Bonchev–Trinajstić information content (AvgIpc) is 3.75. The molecule has 6 rings (SSSR count). The van der Waals surface area contributed by atoms with Crippen molar-refractivity contribution in [2.75, 3.05) is 13.3 Å². The first-order valence-electron chi connectivity index (χ1n) is 15.0. The molecule has 1 aliphatic heterocycles. The number of para-hydroxylation sites is 2. The number of alkyl carbamates (subject to hydrolysis) is 1. The zero-order valence-electron chi connectivity index (χ0n) is 25.5. The molecule has 3 amide bonds. The van der Waals surface area contributed by atoms with E-state index in [2.05, 4.69) is 20.6 Å². The number of carboxylic acid groups (broad SMARTS) is 1. The van der Waals surface area contributed by atoms with E-state index in [9.17, 15) is 24.3 Å². The van der Waals surface area contributed by atoms with E-state index in [0.717, 1.165) is 22.2 Å². The minimum atomic E-state index is -1.41. The molecule has 48 heavy (non-hydrogen) atoms. The van der Waals surface area contributed by atoms with Crippen LogP contribution in [-0.2, 0) is 29.2 Å². The Bertz CT molecular complexity index is 1910. The molecule has 13 heteroatoms. The number of benzene rings is 4. The van der Waals surface area contributed by atoms with E-state index < -0.39 is 24.0 Å². The largest absolute Gasteiger partial charge is 0.480 e. The van der Waals surface area contributed by atoms with Gasteiger partial charge in [-0.2, -0.15) is 0 Å². The summed E-state index contributed by atoms with van der Waals surface area (Å²) in [4.78, 5) is 60.1. The minimum Gasteiger partial charge on any atom is -0.480 e. The first kappa shape index (κ1) is 31.6. The fourth-order valence-corrected chi connectivity index (χ4v) is 5.06. The molecule has 0 bridgehead atoms. The Labute approximate surface area is 274 Å². The number of carboxylic acids is 1. The molecule has 0 aliphatic carbocycles. The smallest absolute Gasteiger partial charge is 0.408 e. The highest BCUT2D eigenvalue weighted by Gasteiger charge is 2.24. The number of H-pyrrole nitrogens is 1. The van der Waals surface area contributed by atoms with Gasteiger partial charge in [0.15, 0.2) is 11.5 Å². The Morgan fingerprint density at radius 2 is 1.58 bits per heavy atom. The van der Waals surface area contributed by atoms with Crippen molar-refractivity contribution in [2.24, 2.45) is 0 Å². The Morgan fingerprint density at radius 3 is 2.35 bits per heavy atom. The monoisotopic (exact) mass is 649 g/mol. The van der Waals surface area contributed by atoms with Crippen LogP contribution in [0.2, 0.25) is 0 Å². The number of nitrogens with zero attached hydrogens (tertiary/aromatic N) is 2. The Hall–Kier alpha value is -6.37. The summed E-state index contributed by atoms with van der Waals surface area (Å²) in [7, 11) is 0. The van der Waals surface area contributed by atoms with Gasteiger partial charge in [0.25, 0.3) is 11.8 Å². The number of aromatic nitrogens is 2. The van der Waals surface area contributed by atoms with Gasteiger partial charge in [0, 0.05) is 24.2 Å². The molecule has 1 aliphatic rings. The Morgan fingerprint density at radius 1 is 0.854 bits per heavy atom. The highest BCUT2D eigenvalue weighted by Crippen LogP contribution is 2.33. The van der Waals surface area contributed by atoms with Gasteiger partial charge in [0.05, 0.1) is 17.6 Å². The van der Waals surface area contributed by atoms with Crippen LogP contribution in [0.25, 0.3) is 11.0 Å². The maximum absolute atomic E-state index is 13.8. The number of ether oxygens (including phenoxy) is 3. The summed E-state index contributed by atoms with van der Waals surface area (Å²) in [5, 5.41) is 14.3. The number of nitrogens with one attached hydrogen (secondary N) is 3. The number of carbonyl (C=O) groups is 4. The fraction of sp³-hybridized carbons (Fsp3) is 0.171. The van der Waals surface area contributed by atoms with Gasteiger partial charge in [0.2, 0.25) is 6.79 Å². The van der Waals surface area contributed by atoms with Gasteiger partial charge < -0.3 is 39.8 Å². The average molecular weight is 650 g/mol. The normalized spacial score (nSPS) is 12.2. The van der Waals surface area contributed by atoms with Gasteiger partial charge in [-0.1, -0.05) is 54.6 Å². The third-order valence-corrected chi connectivity index (χ3v) is 7.55. The number of aromatic amines is 1. The van der Waals surface area contributed by atoms with Crippen LogP contribution in [0, 0.1) is 0 Å². The topological polar surface area (TPSA) is 172 Å². The van der Waals surface area contributed by atoms with Crippen LogP contribution < -0.4 is 20.1 Å². The van der Waals surface area contributed by atoms with Gasteiger partial charge in [-0.15, -0.1) is 0 Å². The maximum atomic E-state index is 13.8. The van der Waals surface area contributed by atoms with E-state index in [-0.39, 0.29) is 44.5 Å². The van der Waals surface area contributed by atoms with Gasteiger partial charge in [-0.05, 0) is 53.6 Å². The van der Waals surface area contributed by atoms with Crippen molar-refractivity contribution in [2.45, 2.75) is 25.7 Å². The lowest BCUT2D eigenvalue weighted by atomic mass is 10.1. The van der Waals surface area contributed by atoms with Crippen molar-refractivity contribution in [3.8, 4) is 11.5 Å². The molecule has 1 unspecified atom stereocenters. The van der Waals surface area contributed by atoms with E-state index >= 15 is 0 Å². The van der Waals surface area contributed by atoms with Crippen molar-refractivity contribution < 1.29 is 38.5 Å². The zero-order chi connectivity index (χ0) is 33.5. The second-order valence-corrected chi connectivity index (χ2v) is 10.9. The first-order chi connectivity index (χ1) is 23.3. The molecule has 0 radical (unpaired) electrons. The third kappa shape index (κ3) is 7.70. The molecule has 1 aromatic heterocycles. The van der Waals surface area contributed by atoms with Crippen LogP contribution in [0.3, 0.4) is 0 Å². The molecule has 5 aromatic rings. The molecule has 2 heterocycles. The van der Waals surface area contributed by atoms with Crippen LogP contribution in [0.5, 0.6) is 11.5 Å². The molecule has 13 nitrogen and oxygen atoms in total. The van der Waals surface area contributed by atoms with Crippen LogP contribution >= 0.6 is 0 Å². The lowest BCUT2D eigenvalue weighted by Crippen LogP contribution is -2.48. The van der Waals surface area contributed by atoms with E-state index in [0.29, 0.717) is 22.9 Å². The minimum absolute atomic E-state index is 0.0320. The van der Waals surface area contributed by atoms with Crippen molar-refractivity contribution in [3.05, 3.63) is 125 Å². The molecule has 0 saturated carbocycles. The van der Waals surface area contributed by atoms with E-state index in [1.807, 2.05) is 30.3 Å². The summed E-state index contributed by atoms with van der Waals surface area (Å²) in [5.41, 5.74) is 3.79. The first-order valence-corrected chi connectivity index (χ1v) is 15.0. The van der Waals surface area contributed by atoms with Crippen molar-refractivity contribution >= 4 is 34.9 Å². The Kier molecular flexibility index (Phi) is 9.46. The fourth-order valence-electron chi connectivity index (χ4n) is 5.06. The van der Waals surface area contributed by atoms with Crippen LogP contribution in [0.15, 0.2) is 97.1 Å². The number of rotatable bonds is 12. The highest BCUT2D eigenvalue weighted by molar-refractivity contribution is 5.96. The van der Waals surface area contributed by atoms with E-state index in [1.54, 1.807) is 71.6 Å². The molecule has 1 atom stereocenters. The van der Waals surface area contributed by atoms with Crippen LogP contribution in [0.4, 0.5) is 4.79 Å². The molecule has 4 N–H and O–H groups in total. The number of aliphatic carboxylic acids is 1. The lowest BCUT2D eigenvalue weighted by molar-refractivity contribution is -0.139. The number of carbonyl (C=O) groups excluding carboxylic acids is 3. The van der Waals surface area contributed by atoms with Crippen molar-refractivity contribution in [1.29, 1.82) is 0 Å². The third-order valence-electron chi connectivity index (χ3n) is 7.55. The van der Waals surface area contributed by atoms with Crippen molar-refractivity contribution in [3.63, 3.8) is 0 Å². The van der Waals surface area contributed by atoms with Gasteiger partial charge in [-0.25, -0.2) is 14.6 Å². The SMILES string of the molecule is O=C(NC(CNC(=O)c1ccc(CN(Cc2nc3ccccc3[nH]2)C(=O)c2ccc3c(c2)OCO3)cc1)C(=O)O)OCc1ccccc1. The molecule has 244 valence electrons. The molecular formula is C35H31N5O8. The number of imidazole rings is 1. The van der Waals surface area contributed by atoms with Gasteiger partial charge in [-0.3, -0.25) is 9.59 Å². The van der Waals surface area contributed by atoms with Crippen LogP contribution in [0.1, 0.15) is 37.7 Å². The molecule has 0 fully saturated rings. The number of amides is 3. The number of hydrogen-bond donors (Lipinski definition) is 4.